The monoisotopic (exact) mass is 496 g/mol. The van der Waals surface area contributed by atoms with E-state index in [1.54, 1.807) is 29.1 Å². The number of halogens is 3. The summed E-state index contributed by atoms with van der Waals surface area (Å²) in [6, 6.07) is 8.97. The van der Waals surface area contributed by atoms with Crippen molar-refractivity contribution in [2.24, 2.45) is 0 Å². The Bertz CT molecular complexity index is 1030. The molecule has 29 heavy (non-hydrogen) atoms. The SMILES string of the molecule is O=C(Nc1nn(Cc2ccc(Cl)c(Cl)c2)cc1Br)c1ccc(CN2CCCC2)o1. The molecule has 1 aromatic carbocycles. The highest BCUT2D eigenvalue weighted by Crippen LogP contribution is 2.25. The van der Waals surface area contributed by atoms with Crippen molar-refractivity contribution in [3.63, 3.8) is 0 Å². The largest absolute Gasteiger partial charge is 0.455 e. The van der Waals surface area contributed by atoms with Gasteiger partial charge in [0.05, 0.1) is 27.6 Å². The van der Waals surface area contributed by atoms with Gasteiger partial charge in [-0.05, 0) is 71.7 Å². The zero-order chi connectivity index (χ0) is 20.4. The van der Waals surface area contributed by atoms with E-state index >= 15 is 0 Å². The first-order chi connectivity index (χ1) is 14.0. The van der Waals surface area contributed by atoms with Crippen molar-refractivity contribution < 1.29 is 9.21 Å². The van der Waals surface area contributed by atoms with E-state index in [2.05, 4.69) is 31.2 Å². The molecule has 0 aliphatic carbocycles. The average Bonchev–Trinajstić information content (AvgIpc) is 3.42. The summed E-state index contributed by atoms with van der Waals surface area (Å²) in [6.45, 7) is 3.37. The van der Waals surface area contributed by atoms with Crippen LogP contribution in [-0.2, 0) is 13.1 Å². The molecule has 9 heteroatoms. The van der Waals surface area contributed by atoms with Crippen LogP contribution in [-0.4, -0.2) is 33.7 Å². The highest BCUT2D eigenvalue weighted by atomic mass is 79.9. The van der Waals surface area contributed by atoms with Gasteiger partial charge in [0.25, 0.3) is 5.91 Å². The maximum atomic E-state index is 12.5. The van der Waals surface area contributed by atoms with Crippen LogP contribution in [0.2, 0.25) is 10.0 Å². The number of anilines is 1. The Labute approximate surface area is 186 Å². The minimum atomic E-state index is -0.335. The van der Waals surface area contributed by atoms with Crippen molar-refractivity contribution in [3.8, 4) is 0 Å². The molecule has 3 heterocycles. The summed E-state index contributed by atoms with van der Waals surface area (Å²) in [5.74, 6) is 1.15. The molecule has 0 unspecified atom stereocenters. The van der Waals surface area contributed by atoms with Gasteiger partial charge in [-0.25, -0.2) is 0 Å². The fraction of sp³-hybridized carbons (Fsp3) is 0.300. The van der Waals surface area contributed by atoms with Gasteiger partial charge in [0.2, 0.25) is 0 Å². The Morgan fingerprint density at radius 1 is 1.14 bits per heavy atom. The lowest BCUT2D eigenvalue weighted by Crippen LogP contribution is -2.18. The molecule has 1 aliphatic rings. The van der Waals surface area contributed by atoms with Gasteiger partial charge >= 0.3 is 0 Å². The average molecular weight is 498 g/mol. The van der Waals surface area contributed by atoms with E-state index in [9.17, 15) is 4.79 Å². The van der Waals surface area contributed by atoms with Gasteiger partial charge in [-0.1, -0.05) is 29.3 Å². The van der Waals surface area contributed by atoms with Gasteiger partial charge in [-0.3, -0.25) is 14.4 Å². The zero-order valence-corrected chi connectivity index (χ0v) is 18.6. The molecule has 0 atom stereocenters. The predicted octanol–water partition coefficient (Wildman–Crippen LogP) is 5.44. The lowest BCUT2D eigenvalue weighted by Gasteiger charge is -2.11. The number of rotatable bonds is 6. The summed E-state index contributed by atoms with van der Waals surface area (Å²) < 4.78 is 8.10. The topological polar surface area (TPSA) is 63.3 Å². The first kappa shape index (κ1) is 20.5. The minimum absolute atomic E-state index is 0.269. The molecular weight excluding hydrogens is 479 g/mol. The summed E-state index contributed by atoms with van der Waals surface area (Å²) in [6.07, 6.45) is 4.22. The molecule has 1 aliphatic heterocycles. The van der Waals surface area contributed by atoms with E-state index in [4.69, 9.17) is 27.6 Å². The number of nitrogens with one attached hydrogen (secondary N) is 1. The first-order valence-electron chi connectivity index (χ1n) is 9.27. The van der Waals surface area contributed by atoms with Crippen LogP contribution in [0.15, 0.2) is 45.4 Å². The minimum Gasteiger partial charge on any atom is -0.455 e. The lowest BCUT2D eigenvalue weighted by molar-refractivity contribution is 0.0992. The highest BCUT2D eigenvalue weighted by molar-refractivity contribution is 9.10. The van der Waals surface area contributed by atoms with Crippen molar-refractivity contribution >= 4 is 50.9 Å². The summed E-state index contributed by atoms with van der Waals surface area (Å²) in [5, 5.41) is 8.21. The van der Waals surface area contributed by atoms with E-state index in [-0.39, 0.29) is 11.7 Å². The standard InChI is InChI=1S/C20H19BrCl2N4O2/c21-15-12-27(10-13-3-5-16(22)17(23)9-13)25-19(15)24-20(28)18-6-4-14(29-18)11-26-7-1-2-8-26/h3-6,9,12H,1-2,7-8,10-11H2,(H,24,25,28). The lowest BCUT2D eigenvalue weighted by atomic mass is 10.2. The second-order valence-electron chi connectivity index (χ2n) is 6.98. The first-order valence-corrected chi connectivity index (χ1v) is 10.8. The van der Waals surface area contributed by atoms with Crippen LogP contribution in [0, 0.1) is 0 Å². The third kappa shape index (κ3) is 5.04. The molecule has 4 rings (SSSR count). The molecule has 1 amide bonds. The Morgan fingerprint density at radius 3 is 2.69 bits per heavy atom. The fourth-order valence-corrected chi connectivity index (χ4v) is 4.04. The maximum Gasteiger partial charge on any atom is 0.292 e. The predicted molar refractivity (Wildman–Crippen MR) is 117 cm³/mol. The number of furan rings is 1. The molecule has 3 aromatic rings. The number of benzene rings is 1. The zero-order valence-electron chi connectivity index (χ0n) is 15.5. The fourth-order valence-electron chi connectivity index (χ4n) is 3.30. The van der Waals surface area contributed by atoms with E-state index in [0.717, 1.165) is 31.0 Å². The van der Waals surface area contributed by atoms with Crippen molar-refractivity contribution in [3.05, 3.63) is 68.1 Å². The molecular formula is C20H19BrCl2N4O2. The molecule has 1 N–H and O–H groups in total. The van der Waals surface area contributed by atoms with Crippen molar-refractivity contribution in [2.75, 3.05) is 18.4 Å². The van der Waals surface area contributed by atoms with Gasteiger partial charge < -0.3 is 9.73 Å². The molecule has 2 aromatic heterocycles. The number of aromatic nitrogens is 2. The maximum absolute atomic E-state index is 12.5. The van der Waals surface area contributed by atoms with Crippen LogP contribution >= 0.6 is 39.1 Å². The normalized spacial score (nSPS) is 14.4. The van der Waals surface area contributed by atoms with E-state index in [1.165, 1.54) is 12.8 Å². The quantitative estimate of drug-likeness (QED) is 0.492. The molecule has 0 saturated carbocycles. The second-order valence-corrected chi connectivity index (χ2v) is 8.64. The van der Waals surface area contributed by atoms with Crippen molar-refractivity contribution in [1.29, 1.82) is 0 Å². The van der Waals surface area contributed by atoms with Gasteiger partial charge in [0.15, 0.2) is 11.6 Å². The Morgan fingerprint density at radius 2 is 1.93 bits per heavy atom. The van der Waals surface area contributed by atoms with Gasteiger partial charge in [0.1, 0.15) is 5.76 Å². The van der Waals surface area contributed by atoms with Crippen LogP contribution < -0.4 is 5.32 Å². The summed E-state index contributed by atoms with van der Waals surface area (Å²) in [5.41, 5.74) is 0.949. The Balaban J connectivity index is 1.40. The third-order valence-electron chi connectivity index (χ3n) is 4.74. The van der Waals surface area contributed by atoms with Gasteiger partial charge in [-0.2, -0.15) is 5.10 Å². The van der Waals surface area contributed by atoms with Crippen LogP contribution in [0.25, 0.3) is 0 Å². The van der Waals surface area contributed by atoms with Crippen LogP contribution in [0.3, 0.4) is 0 Å². The van der Waals surface area contributed by atoms with Crippen LogP contribution in [0.5, 0.6) is 0 Å². The number of likely N-dealkylation sites (tertiary alicyclic amines) is 1. The van der Waals surface area contributed by atoms with Crippen LogP contribution in [0.1, 0.15) is 34.7 Å². The highest BCUT2D eigenvalue weighted by Gasteiger charge is 2.18. The van der Waals surface area contributed by atoms with E-state index in [1.807, 2.05) is 12.1 Å². The Hall–Kier alpha value is -1.80. The molecule has 1 fully saturated rings. The molecule has 0 bridgehead atoms. The van der Waals surface area contributed by atoms with Gasteiger partial charge in [0, 0.05) is 6.20 Å². The van der Waals surface area contributed by atoms with E-state index < -0.39 is 0 Å². The number of carbonyl (C=O) groups is 1. The van der Waals surface area contributed by atoms with Crippen LogP contribution in [0.4, 0.5) is 5.82 Å². The smallest absolute Gasteiger partial charge is 0.292 e. The number of carbonyl (C=O) groups excluding carboxylic acids is 1. The summed E-state index contributed by atoms with van der Waals surface area (Å²) in [4.78, 5) is 14.9. The van der Waals surface area contributed by atoms with Gasteiger partial charge in [-0.15, -0.1) is 0 Å². The molecule has 1 saturated heterocycles. The summed E-state index contributed by atoms with van der Waals surface area (Å²) in [7, 11) is 0. The van der Waals surface area contributed by atoms with E-state index in [0.29, 0.717) is 26.9 Å². The Kier molecular flexibility index (Phi) is 6.29. The molecule has 6 nitrogen and oxygen atoms in total. The van der Waals surface area contributed by atoms with Crippen molar-refractivity contribution in [2.45, 2.75) is 25.9 Å². The third-order valence-corrected chi connectivity index (χ3v) is 6.06. The number of hydrogen-bond donors (Lipinski definition) is 1. The molecule has 0 radical (unpaired) electrons. The molecule has 152 valence electrons. The molecule has 0 spiro atoms. The number of amides is 1. The van der Waals surface area contributed by atoms with Crippen molar-refractivity contribution in [1.82, 2.24) is 14.7 Å². The number of hydrogen-bond acceptors (Lipinski definition) is 4. The summed E-state index contributed by atoms with van der Waals surface area (Å²) >= 11 is 15.5. The number of nitrogens with zero attached hydrogens (tertiary/aromatic N) is 3. The second kappa shape index (κ2) is 8.92.